The number of nitrogens with one attached hydrogen (secondary N) is 1. The molecule has 1 aromatic carbocycles. The monoisotopic (exact) mass is 504 g/mol. The fourth-order valence-corrected chi connectivity index (χ4v) is 6.85. The predicted molar refractivity (Wildman–Crippen MR) is 127 cm³/mol. The van der Waals surface area contributed by atoms with Gasteiger partial charge in [0.25, 0.3) is 0 Å². The molecule has 0 spiro atoms. The fourth-order valence-electron chi connectivity index (χ4n) is 5.13. The SMILES string of the molecule is CS(=O)(=O)CC1(c2ccc(-c3nc4cc(O[C@@H]5COC6[C@H](O)CO[C@@H]65)[nH]c4cc3Cl)cc2)CC1. The van der Waals surface area contributed by atoms with Crippen molar-refractivity contribution in [2.24, 2.45) is 0 Å². The molecule has 8 nitrogen and oxygen atoms in total. The van der Waals surface area contributed by atoms with Crippen LogP contribution in [0.1, 0.15) is 18.4 Å². The molecule has 2 saturated heterocycles. The Morgan fingerprint density at radius 3 is 2.62 bits per heavy atom. The maximum atomic E-state index is 11.8. The molecule has 1 unspecified atom stereocenters. The van der Waals surface area contributed by atoms with Crippen molar-refractivity contribution in [2.75, 3.05) is 25.2 Å². The van der Waals surface area contributed by atoms with Crippen LogP contribution in [0.4, 0.5) is 0 Å². The maximum absolute atomic E-state index is 11.8. The lowest BCUT2D eigenvalue weighted by molar-refractivity contribution is 0.00794. The van der Waals surface area contributed by atoms with E-state index in [0.29, 0.717) is 28.7 Å². The zero-order chi connectivity index (χ0) is 23.7. The minimum absolute atomic E-state index is 0.175. The highest BCUT2D eigenvalue weighted by Crippen LogP contribution is 2.49. The van der Waals surface area contributed by atoms with Crippen LogP contribution < -0.4 is 4.74 Å². The number of sulfone groups is 1. The number of pyridine rings is 1. The lowest BCUT2D eigenvalue weighted by Gasteiger charge is -2.16. The zero-order valence-electron chi connectivity index (χ0n) is 18.5. The Kier molecular flexibility index (Phi) is 5.20. The number of aromatic nitrogens is 2. The maximum Gasteiger partial charge on any atom is 0.193 e. The first-order chi connectivity index (χ1) is 16.2. The van der Waals surface area contributed by atoms with E-state index >= 15 is 0 Å². The van der Waals surface area contributed by atoms with E-state index in [9.17, 15) is 13.5 Å². The third-order valence-corrected chi connectivity index (χ3v) is 8.32. The van der Waals surface area contributed by atoms with Crippen molar-refractivity contribution in [2.45, 2.75) is 42.7 Å². The second-order valence-corrected chi connectivity index (χ2v) is 12.2. The van der Waals surface area contributed by atoms with Crippen LogP contribution in [-0.4, -0.2) is 73.1 Å². The van der Waals surface area contributed by atoms with Crippen LogP contribution in [0.3, 0.4) is 0 Å². The van der Waals surface area contributed by atoms with Gasteiger partial charge in [0.15, 0.2) is 12.0 Å². The molecule has 1 saturated carbocycles. The van der Waals surface area contributed by atoms with E-state index in [1.165, 1.54) is 6.26 Å². The molecule has 6 rings (SSSR count). The molecule has 4 atom stereocenters. The summed E-state index contributed by atoms with van der Waals surface area (Å²) in [6, 6.07) is 11.5. The lowest BCUT2D eigenvalue weighted by atomic mass is 9.96. The number of rotatable bonds is 6. The van der Waals surface area contributed by atoms with E-state index in [4.69, 9.17) is 30.8 Å². The average molecular weight is 505 g/mol. The summed E-state index contributed by atoms with van der Waals surface area (Å²) < 4.78 is 41.0. The Balaban J connectivity index is 1.24. The first kappa shape index (κ1) is 22.3. The number of fused-ring (bicyclic) bond motifs is 2. The molecule has 4 heterocycles. The van der Waals surface area contributed by atoms with Gasteiger partial charge < -0.3 is 24.3 Å². The normalized spacial score (nSPS) is 27.7. The molecule has 34 heavy (non-hydrogen) atoms. The Labute approximate surface area is 202 Å². The van der Waals surface area contributed by atoms with Gasteiger partial charge >= 0.3 is 0 Å². The minimum Gasteiger partial charge on any atom is -0.470 e. The van der Waals surface area contributed by atoms with Crippen molar-refractivity contribution in [1.29, 1.82) is 0 Å². The van der Waals surface area contributed by atoms with E-state index < -0.39 is 15.9 Å². The molecular weight excluding hydrogens is 480 g/mol. The van der Waals surface area contributed by atoms with Crippen molar-refractivity contribution in [1.82, 2.24) is 9.97 Å². The summed E-state index contributed by atoms with van der Waals surface area (Å²) in [6.45, 7) is 0.588. The van der Waals surface area contributed by atoms with Crippen LogP contribution >= 0.6 is 11.6 Å². The molecule has 0 amide bonds. The summed E-state index contributed by atoms with van der Waals surface area (Å²) in [7, 11) is -3.05. The first-order valence-electron chi connectivity index (χ1n) is 11.3. The van der Waals surface area contributed by atoms with Crippen molar-refractivity contribution in [3.05, 3.63) is 47.0 Å². The molecule has 2 aliphatic heterocycles. The Morgan fingerprint density at radius 1 is 1.18 bits per heavy atom. The number of aliphatic hydroxyl groups excluding tert-OH is 1. The first-order valence-corrected chi connectivity index (χ1v) is 13.7. The highest BCUT2D eigenvalue weighted by atomic mass is 35.5. The van der Waals surface area contributed by atoms with Crippen LogP contribution in [0.15, 0.2) is 36.4 Å². The third-order valence-electron chi connectivity index (χ3n) is 6.95. The second kappa shape index (κ2) is 7.93. The van der Waals surface area contributed by atoms with E-state index in [1.54, 1.807) is 0 Å². The molecule has 2 N–H and O–H groups in total. The van der Waals surface area contributed by atoms with Gasteiger partial charge in [0, 0.05) is 23.3 Å². The second-order valence-electron chi connectivity index (χ2n) is 9.63. The van der Waals surface area contributed by atoms with Crippen molar-refractivity contribution in [3.63, 3.8) is 0 Å². The number of aromatic amines is 1. The van der Waals surface area contributed by atoms with E-state index in [1.807, 2.05) is 36.4 Å². The largest absolute Gasteiger partial charge is 0.470 e. The smallest absolute Gasteiger partial charge is 0.193 e. The van der Waals surface area contributed by atoms with Crippen LogP contribution in [0.5, 0.6) is 5.88 Å². The molecule has 3 aliphatic rings. The van der Waals surface area contributed by atoms with E-state index in [-0.39, 0.29) is 36.1 Å². The summed E-state index contributed by atoms with van der Waals surface area (Å²) in [5, 5.41) is 10.4. The molecule has 3 aromatic rings. The highest BCUT2D eigenvalue weighted by Gasteiger charge is 2.49. The number of H-pyrrole nitrogens is 1. The number of halogens is 1. The minimum atomic E-state index is -3.05. The van der Waals surface area contributed by atoms with Crippen LogP contribution in [-0.2, 0) is 24.7 Å². The standard InChI is InChI=1S/C24H25ClN2O6S/c1-34(29,30)12-24(6-7-24)14-4-2-13(3-5-14)21-15(25)8-16-17(27-21)9-20(26-16)33-19-11-32-22-18(28)10-31-23(19)22/h2-5,8-9,18-19,22-23,26,28H,6-7,10-12H2,1H3/t18-,19-,22?,23-/m1/s1. The molecule has 2 aromatic heterocycles. The van der Waals surface area contributed by atoms with Crippen molar-refractivity contribution >= 4 is 32.5 Å². The summed E-state index contributed by atoms with van der Waals surface area (Å²) in [5.41, 5.74) is 3.72. The number of nitrogens with zero attached hydrogens (tertiary/aromatic N) is 1. The summed E-state index contributed by atoms with van der Waals surface area (Å²) in [6.07, 6.45) is 1.45. The molecule has 0 bridgehead atoms. The number of benzene rings is 1. The molecule has 180 valence electrons. The molecule has 1 aliphatic carbocycles. The highest BCUT2D eigenvalue weighted by molar-refractivity contribution is 7.90. The molecule has 0 radical (unpaired) electrons. The predicted octanol–water partition coefficient (Wildman–Crippen LogP) is 2.87. The van der Waals surface area contributed by atoms with Gasteiger partial charge in [0.05, 0.1) is 40.7 Å². The van der Waals surface area contributed by atoms with Crippen LogP contribution in [0, 0.1) is 0 Å². The number of aliphatic hydroxyl groups is 1. The Bertz CT molecular complexity index is 1350. The molecule has 10 heteroatoms. The van der Waals surface area contributed by atoms with Gasteiger partial charge in [0.1, 0.15) is 28.1 Å². The van der Waals surface area contributed by atoms with E-state index in [0.717, 1.165) is 29.5 Å². The number of hydrogen-bond acceptors (Lipinski definition) is 7. The average Bonchev–Trinajstić information content (AvgIpc) is 3.10. The molecule has 3 fully saturated rings. The number of ether oxygens (including phenoxy) is 3. The fraction of sp³-hybridized carbons (Fsp3) is 0.458. The Hall–Kier alpha value is -2.17. The van der Waals surface area contributed by atoms with Crippen LogP contribution in [0.2, 0.25) is 5.02 Å². The third kappa shape index (κ3) is 3.99. The van der Waals surface area contributed by atoms with Gasteiger partial charge in [-0.05, 0) is 24.5 Å². The van der Waals surface area contributed by atoms with Gasteiger partial charge in [0.2, 0.25) is 0 Å². The van der Waals surface area contributed by atoms with Crippen molar-refractivity contribution in [3.8, 4) is 17.1 Å². The van der Waals surface area contributed by atoms with Crippen LogP contribution in [0.25, 0.3) is 22.3 Å². The lowest BCUT2D eigenvalue weighted by Crippen LogP contribution is -2.34. The summed E-state index contributed by atoms with van der Waals surface area (Å²) in [5.74, 6) is 0.704. The van der Waals surface area contributed by atoms with Gasteiger partial charge in [-0.25, -0.2) is 13.4 Å². The summed E-state index contributed by atoms with van der Waals surface area (Å²) in [4.78, 5) is 7.94. The van der Waals surface area contributed by atoms with Gasteiger partial charge in [-0.1, -0.05) is 35.9 Å². The number of hydrogen-bond donors (Lipinski definition) is 2. The van der Waals surface area contributed by atoms with Gasteiger partial charge in [-0.15, -0.1) is 0 Å². The van der Waals surface area contributed by atoms with Crippen molar-refractivity contribution < 1.29 is 27.7 Å². The van der Waals surface area contributed by atoms with E-state index in [2.05, 4.69) is 4.98 Å². The zero-order valence-corrected chi connectivity index (χ0v) is 20.1. The summed E-state index contributed by atoms with van der Waals surface area (Å²) >= 11 is 6.57. The topological polar surface area (TPSA) is 111 Å². The van der Waals surface area contributed by atoms with Gasteiger partial charge in [-0.2, -0.15) is 0 Å². The van der Waals surface area contributed by atoms with Gasteiger partial charge in [-0.3, -0.25) is 0 Å². The molecular formula is C24H25ClN2O6S. The quantitative estimate of drug-likeness (QED) is 0.531. The Morgan fingerprint density at radius 2 is 1.91 bits per heavy atom.